The van der Waals surface area contributed by atoms with Crippen LogP contribution in [-0.2, 0) is 0 Å². The van der Waals surface area contributed by atoms with E-state index in [0.717, 1.165) is 16.3 Å². The van der Waals surface area contributed by atoms with Gasteiger partial charge in [0, 0.05) is 12.3 Å². The van der Waals surface area contributed by atoms with Crippen LogP contribution in [0, 0.1) is 0 Å². The van der Waals surface area contributed by atoms with Crippen molar-refractivity contribution in [2.75, 3.05) is 18.0 Å². The maximum atomic E-state index is 5.53. The molecule has 2 aromatic heterocycles. The van der Waals surface area contributed by atoms with Gasteiger partial charge in [0.05, 0.1) is 6.33 Å². The average Bonchev–Trinajstić information content (AvgIpc) is 2.61. The van der Waals surface area contributed by atoms with Crippen molar-refractivity contribution in [1.82, 2.24) is 19.9 Å². The van der Waals surface area contributed by atoms with Crippen molar-refractivity contribution in [3.8, 4) is 0 Å². The molecule has 0 aromatic carbocycles. The van der Waals surface area contributed by atoms with E-state index in [1.165, 1.54) is 0 Å². The van der Waals surface area contributed by atoms with Gasteiger partial charge in [0.25, 0.3) is 0 Å². The van der Waals surface area contributed by atoms with Crippen LogP contribution in [0.25, 0.3) is 11.2 Å². The lowest BCUT2D eigenvalue weighted by molar-refractivity contribution is 1.09. The van der Waals surface area contributed by atoms with E-state index >= 15 is 0 Å². The minimum absolute atomic E-state index is 0.240. The Morgan fingerprint density at radius 2 is 2.29 bits per heavy atom. The number of aromatic nitrogens is 4. The van der Waals surface area contributed by atoms with Gasteiger partial charge in [-0.1, -0.05) is 0 Å². The van der Waals surface area contributed by atoms with E-state index in [2.05, 4.69) is 19.9 Å². The van der Waals surface area contributed by atoms with Crippen molar-refractivity contribution in [2.45, 2.75) is 5.03 Å². The highest BCUT2D eigenvalue weighted by Crippen LogP contribution is 2.22. The predicted octanol–water partition coefficient (Wildman–Crippen LogP) is -0.0141. The maximum absolute atomic E-state index is 5.53. The molecule has 2 rings (SSSR count). The minimum Gasteiger partial charge on any atom is -0.368 e. The Bertz CT molecular complexity index is 439. The largest absolute Gasteiger partial charge is 0.368 e. The fourth-order valence-corrected chi connectivity index (χ4v) is 1.85. The van der Waals surface area contributed by atoms with Crippen LogP contribution in [0.1, 0.15) is 0 Å². The normalized spacial score (nSPS) is 10.9. The summed E-state index contributed by atoms with van der Waals surface area (Å²) in [4.78, 5) is 15.1. The number of nitrogen functional groups attached to an aromatic ring is 1. The standard InChI is InChI=1S/C7H10N6S/c8-1-2-14-6-4-5(11-3-10-4)12-7(9)13-6/h3H,1-2,8H2,(H3,9,10,11,12,13). The Labute approximate surface area is 84.5 Å². The number of aromatic amines is 1. The average molecular weight is 210 g/mol. The predicted molar refractivity (Wildman–Crippen MR) is 55.9 cm³/mol. The molecular formula is C7H10N6S. The van der Waals surface area contributed by atoms with Gasteiger partial charge >= 0.3 is 0 Å². The number of nitrogens with one attached hydrogen (secondary N) is 1. The van der Waals surface area contributed by atoms with E-state index in [4.69, 9.17) is 11.5 Å². The van der Waals surface area contributed by atoms with Gasteiger partial charge < -0.3 is 16.5 Å². The molecule has 0 radical (unpaired) electrons. The van der Waals surface area contributed by atoms with Crippen molar-refractivity contribution in [3.05, 3.63) is 6.33 Å². The van der Waals surface area contributed by atoms with Crippen LogP contribution in [0.3, 0.4) is 0 Å². The minimum atomic E-state index is 0.240. The van der Waals surface area contributed by atoms with Crippen LogP contribution in [0.4, 0.5) is 5.95 Å². The van der Waals surface area contributed by atoms with Crippen molar-refractivity contribution in [1.29, 1.82) is 0 Å². The number of hydrogen-bond donors (Lipinski definition) is 3. The molecule has 0 amide bonds. The Hall–Kier alpha value is -1.34. The SMILES string of the molecule is NCCSc1nc(N)nc2nc[nH]c12. The number of H-pyrrole nitrogens is 1. The van der Waals surface area contributed by atoms with Crippen molar-refractivity contribution >= 4 is 28.9 Å². The van der Waals surface area contributed by atoms with Crippen molar-refractivity contribution < 1.29 is 0 Å². The topological polar surface area (TPSA) is 106 Å². The summed E-state index contributed by atoms with van der Waals surface area (Å²) in [5.74, 6) is 1.04. The van der Waals surface area contributed by atoms with Gasteiger partial charge in [-0.25, -0.2) is 9.97 Å². The summed E-state index contributed by atoms with van der Waals surface area (Å²) in [6.45, 7) is 0.601. The molecule has 0 aliphatic rings. The molecule has 0 aliphatic heterocycles. The molecule has 7 heteroatoms. The van der Waals surface area contributed by atoms with E-state index < -0.39 is 0 Å². The lowest BCUT2D eigenvalue weighted by Gasteiger charge is -2.00. The molecule has 74 valence electrons. The molecule has 0 saturated carbocycles. The van der Waals surface area contributed by atoms with Crippen LogP contribution in [0.2, 0.25) is 0 Å². The number of nitrogens with two attached hydrogens (primary N) is 2. The van der Waals surface area contributed by atoms with Crippen LogP contribution in [0.5, 0.6) is 0 Å². The fraction of sp³-hybridized carbons (Fsp3) is 0.286. The van der Waals surface area contributed by atoms with Crippen LogP contribution < -0.4 is 11.5 Å². The highest BCUT2D eigenvalue weighted by atomic mass is 32.2. The van der Waals surface area contributed by atoms with E-state index in [0.29, 0.717) is 12.2 Å². The zero-order valence-corrected chi connectivity index (χ0v) is 8.21. The molecule has 0 unspecified atom stereocenters. The Kier molecular flexibility index (Phi) is 2.51. The first-order valence-corrected chi connectivity index (χ1v) is 5.09. The first kappa shape index (κ1) is 9.22. The van der Waals surface area contributed by atoms with Gasteiger partial charge in [-0.2, -0.15) is 4.98 Å². The lowest BCUT2D eigenvalue weighted by Crippen LogP contribution is -2.03. The number of anilines is 1. The number of rotatable bonds is 3. The van der Waals surface area contributed by atoms with Gasteiger partial charge in [0.15, 0.2) is 5.65 Å². The molecule has 0 bridgehead atoms. The Morgan fingerprint density at radius 1 is 1.43 bits per heavy atom. The van der Waals surface area contributed by atoms with Gasteiger partial charge in [0.1, 0.15) is 10.5 Å². The number of nitrogens with zero attached hydrogens (tertiary/aromatic N) is 3. The molecule has 0 fully saturated rings. The summed E-state index contributed by atoms with van der Waals surface area (Å²) in [6.07, 6.45) is 1.57. The van der Waals surface area contributed by atoms with E-state index in [1.54, 1.807) is 18.1 Å². The summed E-state index contributed by atoms with van der Waals surface area (Å²) in [7, 11) is 0. The smallest absolute Gasteiger partial charge is 0.223 e. The fourth-order valence-electron chi connectivity index (χ4n) is 1.08. The second kappa shape index (κ2) is 3.81. The molecule has 0 atom stereocenters. The van der Waals surface area contributed by atoms with E-state index in [-0.39, 0.29) is 5.95 Å². The summed E-state index contributed by atoms with van der Waals surface area (Å²) < 4.78 is 0. The second-order valence-electron chi connectivity index (χ2n) is 2.63. The number of thioether (sulfide) groups is 1. The van der Waals surface area contributed by atoms with Crippen molar-refractivity contribution in [2.24, 2.45) is 5.73 Å². The molecule has 2 aromatic rings. The van der Waals surface area contributed by atoms with E-state index in [1.807, 2.05) is 0 Å². The third kappa shape index (κ3) is 1.64. The van der Waals surface area contributed by atoms with Crippen LogP contribution in [-0.4, -0.2) is 32.2 Å². The molecular weight excluding hydrogens is 200 g/mol. The Morgan fingerprint density at radius 3 is 3.07 bits per heavy atom. The summed E-state index contributed by atoms with van der Waals surface area (Å²) in [5, 5.41) is 0.801. The zero-order chi connectivity index (χ0) is 9.97. The first-order valence-electron chi connectivity index (χ1n) is 4.10. The maximum Gasteiger partial charge on any atom is 0.223 e. The molecule has 5 N–H and O–H groups in total. The van der Waals surface area contributed by atoms with Crippen LogP contribution in [0.15, 0.2) is 11.4 Å². The van der Waals surface area contributed by atoms with Gasteiger partial charge in [-0.05, 0) is 0 Å². The molecule has 0 spiro atoms. The molecule has 0 aliphatic carbocycles. The van der Waals surface area contributed by atoms with Gasteiger partial charge in [-0.15, -0.1) is 11.8 Å². The molecule has 6 nitrogen and oxygen atoms in total. The highest BCUT2D eigenvalue weighted by Gasteiger charge is 2.07. The first-order chi connectivity index (χ1) is 6.81. The zero-order valence-electron chi connectivity index (χ0n) is 7.40. The molecule has 14 heavy (non-hydrogen) atoms. The third-order valence-corrected chi connectivity index (χ3v) is 2.64. The van der Waals surface area contributed by atoms with Gasteiger partial charge in [-0.3, -0.25) is 0 Å². The molecule has 0 saturated heterocycles. The number of hydrogen-bond acceptors (Lipinski definition) is 6. The third-order valence-electron chi connectivity index (χ3n) is 1.63. The molecule has 2 heterocycles. The quantitative estimate of drug-likeness (QED) is 0.485. The van der Waals surface area contributed by atoms with Crippen LogP contribution >= 0.6 is 11.8 Å². The number of fused-ring (bicyclic) bond motifs is 1. The summed E-state index contributed by atoms with van der Waals surface area (Å²) in [6, 6.07) is 0. The lowest BCUT2D eigenvalue weighted by atomic mass is 10.5. The summed E-state index contributed by atoms with van der Waals surface area (Å²) in [5.41, 5.74) is 12.4. The van der Waals surface area contributed by atoms with Gasteiger partial charge in [0.2, 0.25) is 5.95 Å². The second-order valence-corrected chi connectivity index (χ2v) is 3.71. The van der Waals surface area contributed by atoms with E-state index in [9.17, 15) is 0 Å². The number of imidazole rings is 1. The summed E-state index contributed by atoms with van der Waals surface area (Å²) >= 11 is 1.54. The highest BCUT2D eigenvalue weighted by molar-refractivity contribution is 7.99. The van der Waals surface area contributed by atoms with Crippen molar-refractivity contribution in [3.63, 3.8) is 0 Å². The monoisotopic (exact) mass is 210 g/mol. The Balaban J connectivity index is 2.44.